The summed E-state index contributed by atoms with van der Waals surface area (Å²) in [7, 11) is -3.18. The average Bonchev–Trinajstić information content (AvgIpc) is 3.18. The number of nitrogens with zero attached hydrogens (tertiary/aromatic N) is 1. The highest BCUT2D eigenvalue weighted by Crippen LogP contribution is 2.36. The number of sulfonamides is 1. The van der Waals surface area contributed by atoms with E-state index in [0.717, 1.165) is 13.0 Å². The topological polar surface area (TPSA) is 49.4 Å². The van der Waals surface area contributed by atoms with Crippen LogP contribution in [0.5, 0.6) is 0 Å². The summed E-state index contributed by atoms with van der Waals surface area (Å²) in [5.74, 6) is 0.112. The summed E-state index contributed by atoms with van der Waals surface area (Å²) in [6, 6.07) is 12.5. The minimum atomic E-state index is -3.18. The lowest BCUT2D eigenvalue weighted by molar-refractivity contribution is 0.566. The minimum Gasteiger partial charge on any atom is -0.362 e. The first-order valence-electron chi connectivity index (χ1n) is 7.46. The molecule has 2 heterocycles. The van der Waals surface area contributed by atoms with Crippen LogP contribution in [-0.2, 0) is 16.4 Å². The summed E-state index contributed by atoms with van der Waals surface area (Å²) in [4.78, 5) is 3.51. The first-order chi connectivity index (χ1) is 10.6. The van der Waals surface area contributed by atoms with Crippen LogP contribution >= 0.6 is 11.3 Å². The van der Waals surface area contributed by atoms with Crippen molar-refractivity contribution in [2.24, 2.45) is 0 Å². The Hall–Kier alpha value is -1.37. The summed E-state index contributed by atoms with van der Waals surface area (Å²) in [6.45, 7) is 2.99. The maximum atomic E-state index is 11.8. The molecule has 2 aromatic rings. The number of para-hydroxylation sites is 1. The standard InChI is InChI=1S/C16H20N2O2S2/c1-2-22(19,20)17-12-15(16-8-5-11-21-16)18-10-9-13-6-3-4-7-14(13)18/h3-8,11,15,17H,2,9-10,12H2,1H3/t15-/m0/s1. The summed E-state index contributed by atoms with van der Waals surface area (Å²) >= 11 is 1.67. The zero-order chi connectivity index (χ0) is 15.6. The van der Waals surface area contributed by atoms with Gasteiger partial charge in [0.05, 0.1) is 11.8 Å². The van der Waals surface area contributed by atoms with Crippen molar-refractivity contribution in [1.29, 1.82) is 0 Å². The second-order valence-corrected chi connectivity index (χ2v) is 8.43. The molecule has 0 saturated carbocycles. The van der Waals surface area contributed by atoms with E-state index in [2.05, 4.69) is 33.9 Å². The first-order valence-corrected chi connectivity index (χ1v) is 9.99. The van der Waals surface area contributed by atoms with E-state index in [1.165, 1.54) is 16.1 Å². The molecule has 118 valence electrons. The van der Waals surface area contributed by atoms with Crippen LogP contribution in [0.25, 0.3) is 0 Å². The first kappa shape index (κ1) is 15.5. The molecule has 0 aliphatic carbocycles. The summed E-state index contributed by atoms with van der Waals surface area (Å²) < 4.78 is 26.4. The van der Waals surface area contributed by atoms with E-state index in [0.29, 0.717) is 6.54 Å². The number of thiophene rings is 1. The maximum Gasteiger partial charge on any atom is 0.211 e. The average molecular weight is 336 g/mol. The molecule has 0 radical (unpaired) electrons. The third kappa shape index (κ3) is 3.19. The Labute approximate surface area is 135 Å². The highest BCUT2D eigenvalue weighted by atomic mass is 32.2. The monoisotopic (exact) mass is 336 g/mol. The SMILES string of the molecule is CCS(=O)(=O)NC[C@@H](c1cccs1)N1CCc2ccccc21. The zero-order valence-corrected chi connectivity index (χ0v) is 14.2. The number of rotatable bonds is 6. The van der Waals surface area contributed by atoms with Gasteiger partial charge in [0, 0.05) is 23.7 Å². The van der Waals surface area contributed by atoms with Gasteiger partial charge in [0.2, 0.25) is 10.0 Å². The fourth-order valence-electron chi connectivity index (χ4n) is 2.84. The van der Waals surface area contributed by atoms with Crippen molar-refractivity contribution in [3.8, 4) is 0 Å². The van der Waals surface area contributed by atoms with Crippen LogP contribution in [-0.4, -0.2) is 27.3 Å². The zero-order valence-electron chi connectivity index (χ0n) is 12.5. The van der Waals surface area contributed by atoms with Crippen LogP contribution in [0, 0.1) is 0 Å². The van der Waals surface area contributed by atoms with Gasteiger partial charge in [-0.1, -0.05) is 24.3 Å². The Balaban J connectivity index is 1.87. The van der Waals surface area contributed by atoms with Crippen LogP contribution in [0.3, 0.4) is 0 Å². The van der Waals surface area contributed by atoms with Gasteiger partial charge in [0.1, 0.15) is 0 Å². The van der Waals surface area contributed by atoms with Gasteiger partial charge in [-0.3, -0.25) is 0 Å². The highest BCUT2D eigenvalue weighted by molar-refractivity contribution is 7.89. The van der Waals surface area contributed by atoms with Crippen LogP contribution in [0.2, 0.25) is 0 Å². The fourth-order valence-corrected chi connectivity index (χ4v) is 4.30. The largest absolute Gasteiger partial charge is 0.362 e. The van der Waals surface area contributed by atoms with E-state index in [4.69, 9.17) is 0 Å². The van der Waals surface area contributed by atoms with E-state index in [-0.39, 0.29) is 11.8 Å². The predicted molar refractivity (Wildman–Crippen MR) is 92.0 cm³/mol. The van der Waals surface area contributed by atoms with E-state index >= 15 is 0 Å². The second-order valence-electron chi connectivity index (χ2n) is 5.36. The molecule has 4 nitrogen and oxygen atoms in total. The second kappa shape index (κ2) is 6.40. The highest BCUT2D eigenvalue weighted by Gasteiger charge is 2.28. The molecule has 1 aliphatic rings. The van der Waals surface area contributed by atoms with Crippen molar-refractivity contribution >= 4 is 27.0 Å². The summed E-state index contributed by atoms with van der Waals surface area (Å²) in [5, 5.41) is 2.04. The van der Waals surface area contributed by atoms with Crippen LogP contribution in [0.1, 0.15) is 23.4 Å². The maximum absolute atomic E-state index is 11.8. The lowest BCUT2D eigenvalue weighted by atomic mass is 10.1. The molecule has 1 aromatic heterocycles. The molecule has 1 atom stereocenters. The van der Waals surface area contributed by atoms with Gasteiger partial charge in [-0.2, -0.15) is 0 Å². The van der Waals surface area contributed by atoms with Gasteiger partial charge in [-0.05, 0) is 36.4 Å². The van der Waals surface area contributed by atoms with Crippen molar-refractivity contribution < 1.29 is 8.42 Å². The van der Waals surface area contributed by atoms with Crippen molar-refractivity contribution in [2.45, 2.75) is 19.4 Å². The molecule has 22 heavy (non-hydrogen) atoms. The van der Waals surface area contributed by atoms with Gasteiger partial charge in [0.25, 0.3) is 0 Å². The normalized spacial score (nSPS) is 15.8. The van der Waals surface area contributed by atoms with Crippen LogP contribution < -0.4 is 9.62 Å². The molecular formula is C16H20N2O2S2. The van der Waals surface area contributed by atoms with E-state index in [1.54, 1.807) is 18.3 Å². The smallest absolute Gasteiger partial charge is 0.211 e. The molecule has 1 N–H and O–H groups in total. The Morgan fingerprint density at radius 3 is 2.82 bits per heavy atom. The number of anilines is 1. The van der Waals surface area contributed by atoms with Crippen LogP contribution in [0.4, 0.5) is 5.69 Å². The number of benzene rings is 1. The third-order valence-electron chi connectivity index (χ3n) is 4.05. The number of nitrogens with one attached hydrogen (secondary N) is 1. The molecule has 0 spiro atoms. The minimum absolute atomic E-state index is 0.0463. The van der Waals surface area contributed by atoms with Gasteiger partial charge < -0.3 is 4.90 Å². The van der Waals surface area contributed by atoms with Crippen molar-refractivity contribution in [1.82, 2.24) is 4.72 Å². The third-order valence-corrected chi connectivity index (χ3v) is 6.39. The Morgan fingerprint density at radius 1 is 1.27 bits per heavy atom. The fraction of sp³-hybridized carbons (Fsp3) is 0.375. The summed E-state index contributed by atoms with van der Waals surface area (Å²) in [6.07, 6.45) is 1.01. The van der Waals surface area contributed by atoms with E-state index in [1.807, 2.05) is 17.5 Å². The molecule has 6 heteroatoms. The lowest BCUT2D eigenvalue weighted by Gasteiger charge is -2.30. The molecule has 0 fully saturated rings. The van der Waals surface area contributed by atoms with Crippen molar-refractivity contribution in [3.63, 3.8) is 0 Å². The predicted octanol–water partition coefficient (Wildman–Crippen LogP) is 2.79. The lowest BCUT2D eigenvalue weighted by Crippen LogP contribution is -2.37. The van der Waals surface area contributed by atoms with Crippen molar-refractivity contribution in [3.05, 3.63) is 52.2 Å². The number of hydrogen-bond acceptors (Lipinski definition) is 4. The Bertz CT molecular complexity index is 726. The molecule has 0 amide bonds. The van der Waals surface area contributed by atoms with Crippen LogP contribution in [0.15, 0.2) is 41.8 Å². The molecular weight excluding hydrogens is 316 g/mol. The number of fused-ring (bicyclic) bond motifs is 1. The van der Waals surface area contributed by atoms with E-state index < -0.39 is 10.0 Å². The molecule has 3 rings (SSSR count). The van der Waals surface area contributed by atoms with Crippen molar-refractivity contribution in [2.75, 3.05) is 23.7 Å². The number of hydrogen-bond donors (Lipinski definition) is 1. The van der Waals surface area contributed by atoms with E-state index in [9.17, 15) is 8.42 Å². The van der Waals surface area contributed by atoms with Gasteiger partial charge >= 0.3 is 0 Å². The molecule has 0 unspecified atom stereocenters. The van der Waals surface area contributed by atoms with Gasteiger partial charge in [-0.25, -0.2) is 13.1 Å². The Kier molecular flexibility index (Phi) is 4.52. The summed E-state index contributed by atoms with van der Waals surface area (Å²) in [5.41, 5.74) is 2.55. The van der Waals surface area contributed by atoms with Gasteiger partial charge in [0.15, 0.2) is 0 Å². The molecule has 1 aliphatic heterocycles. The molecule has 1 aromatic carbocycles. The molecule has 0 saturated heterocycles. The Morgan fingerprint density at radius 2 is 2.09 bits per heavy atom. The molecule has 0 bridgehead atoms. The quantitative estimate of drug-likeness (QED) is 0.882. The van der Waals surface area contributed by atoms with Gasteiger partial charge in [-0.15, -0.1) is 11.3 Å².